The van der Waals surface area contributed by atoms with Gasteiger partial charge in [0.15, 0.2) is 11.6 Å². The topological polar surface area (TPSA) is 104 Å². The van der Waals surface area contributed by atoms with Gasteiger partial charge in [0, 0.05) is 22.3 Å². The number of nitrogens with two attached hydrogens (primary N) is 1. The standard InChI is InChI=1S/C14H9NO5S/c15-20-21(18,19)8-5-6-11-12(7-8)14(17)10-4-2-1-3-9(10)13(11)16/h1-7H,15H2. The summed E-state index contributed by atoms with van der Waals surface area (Å²) >= 11 is 0. The van der Waals surface area contributed by atoms with E-state index in [4.69, 9.17) is 5.90 Å². The number of hydrogen-bond acceptors (Lipinski definition) is 6. The molecule has 0 saturated carbocycles. The van der Waals surface area contributed by atoms with Gasteiger partial charge >= 0.3 is 10.1 Å². The number of carbonyl (C=O) groups is 2. The molecule has 0 aliphatic heterocycles. The summed E-state index contributed by atoms with van der Waals surface area (Å²) in [4.78, 5) is 24.5. The maximum Gasteiger partial charge on any atom is 0.312 e. The second-order valence-electron chi connectivity index (χ2n) is 4.46. The number of benzene rings is 2. The smallest absolute Gasteiger partial charge is 0.289 e. The molecule has 0 saturated heterocycles. The molecule has 0 heterocycles. The average molecular weight is 303 g/mol. The van der Waals surface area contributed by atoms with Crippen molar-refractivity contribution in [3.05, 3.63) is 64.7 Å². The fraction of sp³-hybridized carbons (Fsp3) is 0. The zero-order valence-electron chi connectivity index (χ0n) is 10.6. The minimum absolute atomic E-state index is 0.0248. The summed E-state index contributed by atoms with van der Waals surface area (Å²) in [5, 5.41) is 0. The Hall–Kier alpha value is -2.35. The first-order valence-corrected chi connectivity index (χ1v) is 7.32. The van der Waals surface area contributed by atoms with Crippen LogP contribution in [0.3, 0.4) is 0 Å². The Morgan fingerprint density at radius 1 is 0.810 bits per heavy atom. The van der Waals surface area contributed by atoms with Crippen LogP contribution >= 0.6 is 0 Å². The maximum atomic E-state index is 12.4. The molecule has 0 unspecified atom stereocenters. The highest BCUT2D eigenvalue weighted by Gasteiger charge is 2.30. The lowest BCUT2D eigenvalue weighted by molar-refractivity contribution is 0.0979. The number of carbonyl (C=O) groups excluding carboxylic acids is 2. The van der Waals surface area contributed by atoms with Crippen molar-refractivity contribution in [3.63, 3.8) is 0 Å². The Morgan fingerprint density at radius 3 is 1.90 bits per heavy atom. The lowest BCUT2D eigenvalue weighted by atomic mass is 9.84. The molecule has 21 heavy (non-hydrogen) atoms. The van der Waals surface area contributed by atoms with E-state index in [1.54, 1.807) is 18.2 Å². The normalized spacial score (nSPS) is 13.8. The molecule has 2 N–H and O–H groups in total. The molecule has 2 aromatic rings. The third kappa shape index (κ3) is 1.99. The van der Waals surface area contributed by atoms with Gasteiger partial charge in [0.1, 0.15) is 0 Å². The Labute approximate surface area is 120 Å². The first kappa shape index (κ1) is 13.6. The summed E-state index contributed by atoms with van der Waals surface area (Å²) in [5.74, 6) is 3.98. The minimum atomic E-state index is -4.14. The quantitative estimate of drug-likeness (QED) is 0.709. The molecule has 0 amide bonds. The molecule has 1 aliphatic carbocycles. The largest absolute Gasteiger partial charge is 0.312 e. The lowest BCUT2D eigenvalue weighted by Crippen LogP contribution is -2.21. The van der Waals surface area contributed by atoms with Gasteiger partial charge in [-0.3, -0.25) is 9.59 Å². The molecular formula is C14H9NO5S. The fourth-order valence-electron chi connectivity index (χ4n) is 2.29. The summed E-state index contributed by atoms with van der Waals surface area (Å²) in [7, 11) is -4.14. The van der Waals surface area contributed by atoms with Crippen LogP contribution in [-0.4, -0.2) is 20.0 Å². The highest BCUT2D eigenvalue weighted by atomic mass is 32.2. The fourth-order valence-corrected chi connectivity index (χ4v) is 2.90. The maximum absolute atomic E-state index is 12.4. The van der Waals surface area contributed by atoms with Crippen LogP contribution in [-0.2, 0) is 14.4 Å². The summed E-state index contributed by atoms with van der Waals surface area (Å²) in [6.45, 7) is 0. The van der Waals surface area contributed by atoms with E-state index in [1.165, 1.54) is 18.2 Å². The summed E-state index contributed by atoms with van der Waals surface area (Å²) in [5.41, 5.74) is 0.741. The Kier molecular flexibility index (Phi) is 2.98. The lowest BCUT2D eigenvalue weighted by Gasteiger charge is -2.17. The van der Waals surface area contributed by atoms with Crippen LogP contribution in [0.2, 0.25) is 0 Å². The highest BCUT2D eigenvalue weighted by Crippen LogP contribution is 2.29. The van der Waals surface area contributed by atoms with E-state index in [0.29, 0.717) is 5.56 Å². The molecule has 1 aliphatic rings. The number of fused-ring (bicyclic) bond motifs is 2. The van der Waals surface area contributed by atoms with Crippen molar-refractivity contribution in [2.24, 2.45) is 5.90 Å². The van der Waals surface area contributed by atoms with Crippen molar-refractivity contribution in [2.75, 3.05) is 0 Å². The van der Waals surface area contributed by atoms with Gasteiger partial charge in [-0.15, -0.1) is 0 Å². The van der Waals surface area contributed by atoms with Crippen LogP contribution in [0.25, 0.3) is 0 Å². The van der Waals surface area contributed by atoms with E-state index in [1.807, 2.05) is 0 Å². The first-order valence-electron chi connectivity index (χ1n) is 5.91. The molecule has 106 valence electrons. The molecule has 0 atom stereocenters. The van der Waals surface area contributed by atoms with Gasteiger partial charge in [0.25, 0.3) is 0 Å². The van der Waals surface area contributed by atoms with Gasteiger partial charge < -0.3 is 0 Å². The molecule has 0 radical (unpaired) electrons. The minimum Gasteiger partial charge on any atom is -0.289 e. The third-order valence-corrected chi connectivity index (χ3v) is 4.40. The predicted octanol–water partition coefficient (Wildman–Crippen LogP) is 1.04. The SMILES string of the molecule is NOS(=O)(=O)c1ccc2c(c1)C(=O)c1ccccc1C2=O. The molecule has 3 rings (SSSR count). The molecule has 6 nitrogen and oxygen atoms in total. The van der Waals surface area contributed by atoms with Gasteiger partial charge in [-0.25, -0.2) is 0 Å². The van der Waals surface area contributed by atoms with Gasteiger partial charge in [0.05, 0.1) is 4.90 Å². The van der Waals surface area contributed by atoms with Gasteiger partial charge in [-0.2, -0.15) is 18.6 Å². The van der Waals surface area contributed by atoms with Crippen molar-refractivity contribution in [3.8, 4) is 0 Å². The van der Waals surface area contributed by atoms with Crippen molar-refractivity contribution in [2.45, 2.75) is 4.90 Å². The van der Waals surface area contributed by atoms with Gasteiger partial charge in [-0.05, 0) is 18.2 Å². The van der Waals surface area contributed by atoms with E-state index >= 15 is 0 Å². The van der Waals surface area contributed by atoms with Crippen LogP contribution in [0.5, 0.6) is 0 Å². The van der Waals surface area contributed by atoms with E-state index in [2.05, 4.69) is 4.28 Å². The van der Waals surface area contributed by atoms with Crippen molar-refractivity contribution < 1.29 is 22.3 Å². The number of hydrogen-bond donors (Lipinski definition) is 1. The summed E-state index contributed by atoms with van der Waals surface area (Å²) < 4.78 is 27.1. The van der Waals surface area contributed by atoms with Crippen LogP contribution in [0.1, 0.15) is 31.8 Å². The predicted molar refractivity (Wildman–Crippen MR) is 72.2 cm³/mol. The van der Waals surface area contributed by atoms with E-state index in [-0.39, 0.29) is 27.4 Å². The van der Waals surface area contributed by atoms with Gasteiger partial charge in [-0.1, -0.05) is 24.3 Å². The molecule has 2 aromatic carbocycles. The van der Waals surface area contributed by atoms with Crippen molar-refractivity contribution in [1.29, 1.82) is 0 Å². The summed E-state index contributed by atoms with van der Waals surface area (Å²) in [6.07, 6.45) is 0. The number of ketones is 2. The molecule has 0 spiro atoms. The Bertz CT molecular complexity index is 886. The zero-order chi connectivity index (χ0) is 15.2. The molecule has 0 aromatic heterocycles. The van der Waals surface area contributed by atoms with Crippen molar-refractivity contribution in [1.82, 2.24) is 0 Å². The van der Waals surface area contributed by atoms with E-state index < -0.39 is 15.9 Å². The Balaban J connectivity index is 2.25. The zero-order valence-corrected chi connectivity index (χ0v) is 11.4. The van der Waals surface area contributed by atoms with Crippen molar-refractivity contribution >= 4 is 21.7 Å². The molecular weight excluding hydrogens is 294 g/mol. The highest BCUT2D eigenvalue weighted by molar-refractivity contribution is 7.86. The monoisotopic (exact) mass is 303 g/mol. The number of rotatable bonds is 2. The van der Waals surface area contributed by atoms with Gasteiger partial charge in [0.2, 0.25) is 0 Å². The van der Waals surface area contributed by atoms with Crippen LogP contribution < -0.4 is 5.90 Å². The second-order valence-corrected chi connectivity index (χ2v) is 6.03. The molecule has 7 heteroatoms. The molecule has 0 fully saturated rings. The summed E-state index contributed by atoms with van der Waals surface area (Å²) in [6, 6.07) is 9.96. The first-order chi connectivity index (χ1) is 9.95. The second kappa shape index (κ2) is 4.59. The van der Waals surface area contributed by atoms with Crippen LogP contribution in [0, 0.1) is 0 Å². The van der Waals surface area contributed by atoms with E-state index in [0.717, 1.165) is 6.07 Å². The Morgan fingerprint density at radius 2 is 1.33 bits per heavy atom. The van der Waals surface area contributed by atoms with Crippen LogP contribution in [0.15, 0.2) is 47.4 Å². The van der Waals surface area contributed by atoms with Crippen LogP contribution in [0.4, 0.5) is 0 Å². The van der Waals surface area contributed by atoms with E-state index in [9.17, 15) is 18.0 Å². The average Bonchev–Trinajstić information content (AvgIpc) is 2.52. The molecule has 0 bridgehead atoms. The third-order valence-electron chi connectivity index (χ3n) is 3.31.